The molecule has 0 N–H and O–H groups in total. The number of hydrogen-bond donors (Lipinski definition) is 0. The molecule has 0 spiro atoms. The number of hydrogen-bond acceptors (Lipinski definition) is 7. The standard InChI is InChI=1S/C24H29ClN6O3/c1-29-20-11-17(25)14-26-21(20)31(23(33)22(29)32)18-7-9-30(10-8-18)24-27-12-16(13-28-24)15-34-19-5-3-2-4-6-19/h11-14,18-19H,2-10,15H2,1H3. The molecule has 0 radical (unpaired) electrons. The number of fused-ring (bicyclic) bond motifs is 1. The van der Waals surface area contributed by atoms with Crippen LogP contribution in [0, 0.1) is 0 Å². The largest absolute Gasteiger partial charge is 0.373 e. The summed E-state index contributed by atoms with van der Waals surface area (Å²) in [6, 6.07) is 1.54. The van der Waals surface area contributed by atoms with Crippen molar-refractivity contribution in [3.8, 4) is 0 Å². The molecule has 1 aliphatic carbocycles. The zero-order chi connectivity index (χ0) is 23.7. The van der Waals surface area contributed by atoms with E-state index >= 15 is 0 Å². The predicted octanol–water partition coefficient (Wildman–Crippen LogP) is 3.23. The van der Waals surface area contributed by atoms with Crippen LogP contribution >= 0.6 is 11.6 Å². The molecule has 1 saturated carbocycles. The lowest BCUT2D eigenvalue weighted by molar-refractivity contribution is 0.0166. The summed E-state index contributed by atoms with van der Waals surface area (Å²) in [5.74, 6) is 0.672. The minimum Gasteiger partial charge on any atom is -0.373 e. The van der Waals surface area contributed by atoms with Crippen LogP contribution in [-0.4, -0.2) is 43.3 Å². The van der Waals surface area contributed by atoms with Crippen LogP contribution in [0.2, 0.25) is 5.02 Å². The van der Waals surface area contributed by atoms with Gasteiger partial charge in [-0.1, -0.05) is 30.9 Å². The van der Waals surface area contributed by atoms with Crippen LogP contribution in [0.3, 0.4) is 0 Å². The number of halogens is 1. The molecular formula is C24H29ClN6O3. The van der Waals surface area contributed by atoms with E-state index in [-0.39, 0.29) is 6.04 Å². The van der Waals surface area contributed by atoms with Gasteiger partial charge in [0, 0.05) is 50.3 Å². The SMILES string of the molecule is Cn1c(=O)c(=O)n(C2CCN(c3ncc(COC4CCCCC4)cn3)CC2)c2ncc(Cl)cc21. The quantitative estimate of drug-likeness (QED) is 0.513. The van der Waals surface area contributed by atoms with Gasteiger partial charge in [0.1, 0.15) is 0 Å². The lowest BCUT2D eigenvalue weighted by Crippen LogP contribution is -2.45. The summed E-state index contributed by atoms with van der Waals surface area (Å²) in [6.07, 6.45) is 13.0. The van der Waals surface area contributed by atoms with E-state index in [1.165, 1.54) is 34.6 Å². The number of aromatic nitrogens is 5. The van der Waals surface area contributed by atoms with E-state index in [2.05, 4.69) is 19.9 Å². The Bertz CT molecular complexity index is 1270. The summed E-state index contributed by atoms with van der Waals surface area (Å²) in [5, 5.41) is 0.423. The fourth-order valence-electron chi connectivity index (χ4n) is 5.00. The Hall–Kier alpha value is -2.78. The van der Waals surface area contributed by atoms with Crippen LogP contribution < -0.4 is 16.0 Å². The zero-order valence-corrected chi connectivity index (χ0v) is 20.1. The number of pyridine rings is 1. The Balaban J connectivity index is 1.27. The van der Waals surface area contributed by atoms with Gasteiger partial charge in [0.15, 0.2) is 5.65 Å². The van der Waals surface area contributed by atoms with Gasteiger partial charge in [0.2, 0.25) is 5.95 Å². The number of aryl methyl sites for hydroxylation is 1. The zero-order valence-electron chi connectivity index (χ0n) is 19.3. The van der Waals surface area contributed by atoms with Crippen LogP contribution in [0.25, 0.3) is 11.2 Å². The average Bonchev–Trinajstić information content (AvgIpc) is 2.88. The van der Waals surface area contributed by atoms with Crippen molar-refractivity contribution in [2.45, 2.75) is 63.7 Å². The highest BCUT2D eigenvalue weighted by Gasteiger charge is 2.26. The second-order valence-electron chi connectivity index (χ2n) is 9.22. The molecule has 0 amide bonds. The van der Waals surface area contributed by atoms with Crippen molar-refractivity contribution >= 4 is 28.7 Å². The Labute approximate surface area is 202 Å². The Morgan fingerprint density at radius 3 is 2.38 bits per heavy atom. The van der Waals surface area contributed by atoms with Crippen molar-refractivity contribution in [3.63, 3.8) is 0 Å². The fourth-order valence-corrected chi connectivity index (χ4v) is 5.15. The molecule has 10 heteroatoms. The highest BCUT2D eigenvalue weighted by molar-refractivity contribution is 6.31. The van der Waals surface area contributed by atoms with Crippen LogP contribution in [0.5, 0.6) is 0 Å². The molecule has 3 aromatic rings. The van der Waals surface area contributed by atoms with Crippen LogP contribution in [-0.2, 0) is 18.4 Å². The first-order valence-electron chi connectivity index (χ1n) is 12.0. The summed E-state index contributed by atoms with van der Waals surface area (Å²) >= 11 is 6.08. The Kier molecular flexibility index (Phi) is 6.65. The number of ether oxygens (including phenoxy) is 1. The first-order valence-corrected chi connectivity index (χ1v) is 12.3. The molecule has 180 valence electrons. The van der Waals surface area contributed by atoms with Crippen LogP contribution in [0.4, 0.5) is 5.95 Å². The fraction of sp³-hybridized carbons (Fsp3) is 0.542. The molecular weight excluding hydrogens is 456 g/mol. The maximum absolute atomic E-state index is 12.9. The normalized spacial score (nSPS) is 18.0. The molecule has 1 saturated heterocycles. The van der Waals surface area contributed by atoms with Crippen molar-refractivity contribution in [1.29, 1.82) is 0 Å². The summed E-state index contributed by atoms with van der Waals surface area (Å²) in [5.41, 5.74) is 0.879. The van der Waals surface area contributed by atoms with Gasteiger partial charge in [0.25, 0.3) is 0 Å². The van der Waals surface area contributed by atoms with Gasteiger partial charge in [-0.25, -0.2) is 15.0 Å². The molecule has 2 fully saturated rings. The lowest BCUT2D eigenvalue weighted by Gasteiger charge is -2.33. The van der Waals surface area contributed by atoms with Crippen LogP contribution in [0.15, 0.2) is 34.2 Å². The minimum atomic E-state index is -0.576. The summed E-state index contributed by atoms with van der Waals surface area (Å²) < 4.78 is 8.88. The van der Waals surface area contributed by atoms with E-state index in [0.29, 0.717) is 60.8 Å². The van der Waals surface area contributed by atoms with E-state index in [9.17, 15) is 9.59 Å². The summed E-state index contributed by atoms with van der Waals surface area (Å²) in [6.45, 7) is 1.90. The predicted molar refractivity (Wildman–Crippen MR) is 130 cm³/mol. The maximum Gasteiger partial charge on any atom is 0.318 e. The van der Waals surface area contributed by atoms with Crippen molar-refractivity contribution in [2.24, 2.45) is 7.05 Å². The minimum absolute atomic E-state index is 0.128. The molecule has 9 nitrogen and oxygen atoms in total. The van der Waals surface area contributed by atoms with Crippen molar-refractivity contribution in [1.82, 2.24) is 24.1 Å². The van der Waals surface area contributed by atoms with Crippen LogP contribution in [0.1, 0.15) is 56.6 Å². The third-order valence-corrected chi connectivity index (χ3v) is 7.16. The third-order valence-electron chi connectivity index (χ3n) is 6.95. The second kappa shape index (κ2) is 9.84. The third kappa shape index (κ3) is 4.59. The number of rotatable bonds is 5. The van der Waals surface area contributed by atoms with Crippen molar-refractivity contribution < 1.29 is 4.74 Å². The monoisotopic (exact) mass is 484 g/mol. The van der Waals surface area contributed by atoms with Gasteiger partial charge < -0.3 is 14.2 Å². The lowest BCUT2D eigenvalue weighted by atomic mass is 9.98. The van der Waals surface area contributed by atoms with Gasteiger partial charge in [-0.3, -0.25) is 14.2 Å². The van der Waals surface area contributed by atoms with E-state index in [4.69, 9.17) is 16.3 Å². The first kappa shape index (κ1) is 23.0. The molecule has 5 rings (SSSR count). The summed E-state index contributed by atoms with van der Waals surface area (Å²) in [4.78, 5) is 41.0. The molecule has 0 atom stereocenters. The Morgan fingerprint density at radius 1 is 0.971 bits per heavy atom. The van der Waals surface area contributed by atoms with E-state index < -0.39 is 11.1 Å². The molecule has 3 aromatic heterocycles. The topological polar surface area (TPSA) is 95.1 Å². The molecule has 34 heavy (non-hydrogen) atoms. The van der Waals surface area contributed by atoms with Gasteiger partial charge in [-0.15, -0.1) is 0 Å². The maximum atomic E-state index is 12.9. The molecule has 0 unspecified atom stereocenters. The highest BCUT2D eigenvalue weighted by Crippen LogP contribution is 2.26. The number of anilines is 1. The van der Waals surface area contributed by atoms with Crippen molar-refractivity contribution in [3.05, 3.63) is 56.0 Å². The van der Waals surface area contributed by atoms with Gasteiger partial charge >= 0.3 is 11.1 Å². The average molecular weight is 485 g/mol. The van der Waals surface area contributed by atoms with Gasteiger partial charge in [-0.2, -0.15) is 0 Å². The second-order valence-corrected chi connectivity index (χ2v) is 9.65. The van der Waals surface area contributed by atoms with E-state index in [1.807, 2.05) is 12.4 Å². The van der Waals surface area contributed by atoms with Gasteiger partial charge in [-0.05, 0) is 31.7 Å². The van der Waals surface area contributed by atoms with Gasteiger partial charge in [0.05, 0.1) is 23.3 Å². The Morgan fingerprint density at radius 2 is 1.68 bits per heavy atom. The molecule has 4 heterocycles. The van der Waals surface area contributed by atoms with E-state index in [0.717, 1.165) is 18.4 Å². The molecule has 1 aliphatic heterocycles. The number of piperidine rings is 1. The van der Waals surface area contributed by atoms with E-state index in [1.54, 1.807) is 13.1 Å². The number of nitrogens with zero attached hydrogens (tertiary/aromatic N) is 6. The van der Waals surface area contributed by atoms with Crippen molar-refractivity contribution in [2.75, 3.05) is 18.0 Å². The molecule has 0 aromatic carbocycles. The smallest absolute Gasteiger partial charge is 0.318 e. The summed E-state index contributed by atoms with van der Waals surface area (Å²) in [7, 11) is 1.57. The first-order chi connectivity index (χ1) is 16.5. The molecule has 0 bridgehead atoms. The highest BCUT2D eigenvalue weighted by atomic mass is 35.5. The molecule has 2 aliphatic rings.